The van der Waals surface area contributed by atoms with E-state index in [-0.39, 0.29) is 16.9 Å². The molecular formula is C11H14ClNO4. The molecule has 1 N–H and O–H groups in total. The molecule has 5 nitrogen and oxygen atoms in total. The van der Waals surface area contributed by atoms with Crippen LogP contribution in [-0.4, -0.2) is 38.4 Å². The zero-order valence-electron chi connectivity index (χ0n) is 9.49. The van der Waals surface area contributed by atoms with Crippen molar-refractivity contribution in [2.24, 2.45) is 0 Å². The van der Waals surface area contributed by atoms with Crippen molar-refractivity contribution in [1.82, 2.24) is 5.32 Å². The summed E-state index contributed by atoms with van der Waals surface area (Å²) in [5, 5.41) is 2.94. The Morgan fingerprint density at radius 3 is 3.00 bits per heavy atom. The standard InChI is InChI=1S/C11H14ClNO4/c1-15-11(4-5-16-7-11)6-13-10(14)8-2-3-9(12)17-8/h2-3H,4-7H2,1H3,(H,13,14). The van der Waals surface area contributed by atoms with E-state index in [2.05, 4.69) is 5.32 Å². The highest BCUT2D eigenvalue weighted by Crippen LogP contribution is 2.21. The molecule has 17 heavy (non-hydrogen) atoms. The molecule has 94 valence electrons. The van der Waals surface area contributed by atoms with Gasteiger partial charge >= 0.3 is 0 Å². The molecule has 6 heteroatoms. The third-order valence-corrected chi connectivity index (χ3v) is 3.07. The van der Waals surface area contributed by atoms with E-state index >= 15 is 0 Å². The Hall–Kier alpha value is -1.04. The molecule has 2 heterocycles. The summed E-state index contributed by atoms with van der Waals surface area (Å²) < 4.78 is 15.7. The van der Waals surface area contributed by atoms with Gasteiger partial charge in [0.2, 0.25) is 0 Å². The smallest absolute Gasteiger partial charge is 0.287 e. The van der Waals surface area contributed by atoms with E-state index in [0.717, 1.165) is 6.42 Å². The zero-order chi connectivity index (χ0) is 12.3. The first-order valence-corrected chi connectivity index (χ1v) is 5.69. The van der Waals surface area contributed by atoms with Gasteiger partial charge in [0.15, 0.2) is 11.0 Å². The minimum absolute atomic E-state index is 0.195. The average Bonchev–Trinajstić information content (AvgIpc) is 2.95. The Balaban J connectivity index is 1.91. The lowest BCUT2D eigenvalue weighted by Crippen LogP contribution is -2.44. The van der Waals surface area contributed by atoms with Crippen LogP contribution >= 0.6 is 11.6 Å². The van der Waals surface area contributed by atoms with Crippen LogP contribution in [0.25, 0.3) is 0 Å². The van der Waals surface area contributed by atoms with Gasteiger partial charge in [-0.3, -0.25) is 4.79 Å². The fourth-order valence-electron chi connectivity index (χ4n) is 1.73. The number of carbonyl (C=O) groups excluding carboxylic acids is 1. The Morgan fingerprint density at radius 2 is 2.47 bits per heavy atom. The maximum atomic E-state index is 11.7. The van der Waals surface area contributed by atoms with Gasteiger partial charge in [0.05, 0.1) is 6.61 Å². The molecule has 0 spiro atoms. The van der Waals surface area contributed by atoms with Gasteiger partial charge in [0.1, 0.15) is 5.60 Å². The summed E-state index contributed by atoms with van der Waals surface area (Å²) in [6.07, 6.45) is 0.767. The molecule has 1 unspecified atom stereocenters. The first-order valence-electron chi connectivity index (χ1n) is 5.32. The number of hydrogen-bond acceptors (Lipinski definition) is 4. The van der Waals surface area contributed by atoms with E-state index in [1.807, 2.05) is 0 Å². The van der Waals surface area contributed by atoms with Gasteiger partial charge in [0.25, 0.3) is 5.91 Å². The van der Waals surface area contributed by atoms with Crippen LogP contribution in [0, 0.1) is 0 Å². The summed E-state index contributed by atoms with van der Waals surface area (Å²) in [4.78, 5) is 11.7. The molecule has 2 rings (SSSR count). The number of amides is 1. The molecule has 1 amide bonds. The van der Waals surface area contributed by atoms with Crippen molar-refractivity contribution in [2.75, 3.05) is 26.9 Å². The number of methoxy groups -OCH3 is 1. The number of furan rings is 1. The highest BCUT2D eigenvalue weighted by atomic mass is 35.5. The largest absolute Gasteiger partial charge is 0.440 e. The van der Waals surface area contributed by atoms with Crippen LogP contribution in [0.2, 0.25) is 5.22 Å². The van der Waals surface area contributed by atoms with E-state index in [4.69, 9.17) is 25.5 Å². The van der Waals surface area contributed by atoms with E-state index in [9.17, 15) is 4.79 Å². The molecule has 1 atom stereocenters. The van der Waals surface area contributed by atoms with Gasteiger partial charge in [-0.2, -0.15) is 0 Å². The Morgan fingerprint density at radius 1 is 1.65 bits per heavy atom. The van der Waals surface area contributed by atoms with Crippen molar-refractivity contribution in [3.63, 3.8) is 0 Å². The summed E-state index contributed by atoms with van der Waals surface area (Å²) in [6.45, 7) is 1.53. The van der Waals surface area contributed by atoms with E-state index in [1.54, 1.807) is 7.11 Å². The number of nitrogens with one attached hydrogen (secondary N) is 1. The summed E-state index contributed by atoms with van der Waals surface area (Å²) in [5.41, 5.74) is -0.425. The Bertz CT molecular complexity index is 398. The van der Waals surface area contributed by atoms with Crippen LogP contribution in [0.15, 0.2) is 16.5 Å². The molecular weight excluding hydrogens is 246 g/mol. The van der Waals surface area contributed by atoms with Crippen LogP contribution in [-0.2, 0) is 9.47 Å². The number of carbonyl (C=O) groups is 1. The zero-order valence-corrected chi connectivity index (χ0v) is 10.3. The monoisotopic (exact) mass is 259 g/mol. The van der Waals surface area contributed by atoms with Crippen molar-refractivity contribution < 1.29 is 18.7 Å². The second kappa shape index (κ2) is 5.08. The van der Waals surface area contributed by atoms with E-state index in [0.29, 0.717) is 19.8 Å². The molecule has 0 saturated carbocycles. The highest BCUT2D eigenvalue weighted by molar-refractivity contribution is 6.29. The molecule has 1 fully saturated rings. The third kappa shape index (κ3) is 2.80. The van der Waals surface area contributed by atoms with Crippen LogP contribution in [0.4, 0.5) is 0 Å². The van der Waals surface area contributed by atoms with Crippen molar-refractivity contribution in [3.05, 3.63) is 23.1 Å². The number of rotatable bonds is 4. The minimum atomic E-state index is -0.425. The fraction of sp³-hybridized carbons (Fsp3) is 0.545. The van der Waals surface area contributed by atoms with Gasteiger partial charge in [-0.05, 0) is 23.7 Å². The highest BCUT2D eigenvalue weighted by Gasteiger charge is 2.35. The molecule has 0 bridgehead atoms. The third-order valence-electron chi connectivity index (χ3n) is 2.87. The van der Waals surface area contributed by atoms with E-state index in [1.165, 1.54) is 12.1 Å². The molecule has 1 aromatic rings. The first kappa shape index (κ1) is 12.4. The predicted molar refractivity (Wildman–Crippen MR) is 61.2 cm³/mol. The van der Waals surface area contributed by atoms with Crippen molar-refractivity contribution >= 4 is 17.5 Å². The van der Waals surface area contributed by atoms with Gasteiger partial charge in [-0.15, -0.1) is 0 Å². The molecule has 1 aliphatic rings. The Kier molecular flexibility index (Phi) is 3.71. The second-order valence-electron chi connectivity index (χ2n) is 3.98. The summed E-state index contributed by atoms with van der Waals surface area (Å²) >= 11 is 5.60. The second-order valence-corrected chi connectivity index (χ2v) is 4.35. The molecule has 0 aliphatic carbocycles. The van der Waals surface area contributed by atoms with E-state index < -0.39 is 5.60 Å². The van der Waals surface area contributed by atoms with Gasteiger partial charge < -0.3 is 19.2 Å². The topological polar surface area (TPSA) is 60.7 Å². The van der Waals surface area contributed by atoms with Crippen molar-refractivity contribution in [2.45, 2.75) is 12.0 Å². The SMILES string of the molecule is COC1(CNC(=O)c2ccc(Cl)o2)CCOC1. The number of hydrogen-bond donors (Lipinski definition) is 1. The van der Waals surface area contributed by atoms with Crippen LogP contribution in [0.5, 0.6) is 0 Å². The van der Waals surface area contributed by atoms with Crippen molar-refractivity contribution in [1.29, 1.82) is 0 Å². The normalized spacial score (nSPS) is 23.9. The quantitative estimate of drug-likeness (QED) is 0.890. The molecule has 1 aliphatic heterocycles. The number of halogens is 1. The molecule has 0 radical (unpaired) electrons. The van der Waals surface area contributed by atoms with Crippen LogP contribution < -0.4 is 5.32 Å². The summed E-state index contributed by atoms with van der Waals surface area (Å²) in [6, 6.07) is 3.06. The van der Waals surface area contributed by atoms with Gasteiger partial charge in [-0.25, -0.2) is 0 Å². The van der Waals surface area contributed by atoms with Crippen LogP contribution in [0.3, 0.4) is 0 Å². The first-order chi connectivity index (χ1) is 8.15. The van der Waals surface area contributed by atoms with Gasteiger partial charge in [-0.1, -0.05) is 0 Å². The lowest BCUT2D eigenvalue weighted by Gasteiger charge is -2.25. The summed E-state index contributed by atoms with van der Waals surface area (Å²) in [7, 11) is 1.62. The molecule has 0 aromatic carbocycles. The fourth-order valence-corrected chi connectivity index (χ4v) is 1.87. The number of ether oxygens (including phenoxy) is 2. The minimum Gasteiger partial charge on any atom is -0.440 e. The Labute approximate surface area is 104 Å². The molecule has 1 aromatic heterocycles. The molecule has 1 saturated heterocycles. The van der Waals surface area contributed by atoms with Gasteiger partial charge in [0, 0.05) is 26.7 Å². The lowest BCUT2D eigenvalue weighted by molar-refractivity contribution is -0.0150. The summed E-state index contributed by atoms with van der Waals surface area (Å²) in [5.74, 6) is -0.111. The maximum Gasteiger partial charge on any atom is 0.287 e. The lowest BCUT2D eigenvalue weighted by atomic mass is 10.0. The van der Waals surface area contributed by atoms with Crippen LogP contribution in [0.1, 0.15) is 17.0 Å². The predicted octanol–water partition coefficient (Wildman–Crippen LogP) is 1.47. The van der Waals surface area contributed by atoms with Crippen molar-refractivity contribution in [3.8, 4) is 0 Å². The average molecular weight is 260 g/mol. The maximum absolute atomic E-state index is 11.7.